The number of nitrogens with zero attached hydrogens (tertiary/aromatic N) is 1. The SMILES string of the molecule is COCOCC1CC[C@@H]2CC(=C(C)C)CC[C@H](NC(=O)OC(C)(C)C)C(=O)N12. The van der Waals surface area contributed by atoms with Crippen LogP contribution in [0.2, 0.25) is 0 Å². The zero-order valence-electron chi connectivity index (χ0n) is 18.2. The molecule has 0 aromatic heterocycles. The van der Waals surface area contributed by atoms with Gasteiger partial charge in [-0.1, -0.05) is 11.1 Å². The molecule has 0 spiro atoms. The molecule has 1 N–H and O–H groups in total. The number of allylic oxidation sites excluding steroid dienone is 1. The van der Waals surface area contributed by atoms with Crippen LogP contribution in [0.1, 0.15) is 66.7 Å². The van der Waals surface area contributed by atoms with Gasteiger partial charge in [0, 0.05) is 13.2 Å². The van der Waals surface area contributed by atoms with Crippen LogP contribution in [-0.2, 0) is 19.0 Å². The highest BCUT2D eigenvalue weighted by atomic mass is 16.7. The van der Waals surface area contributed by atoms with Crippen LogP contribution in [0, 0.1) is 0 Å². The van der Waals surface area contributed by atoms with Gasteiger partial charge in [0.2, 0.25) is 5.91 Å². The normalized spacial score (nSPS) is 25.8. The van der Waals surface area contributed by atoms with Gasteiger partial charge in [0.1, 0.15) is 18.4 Å². The van der Waals surface area contributed by atoms with Crippen LogP contribution in [0.5, 0.6) is 0 Å². The highest BCUT2D eigenvalue weighted by molar-refractivity contribution is 5.86. The van der Waals surface area contributed by atoms with Crippen molar-refractivity contribution in [1.82, 2.24) is 10.2 Å². The van der Waals surface area contributed by atoms with Crippen LogP contribution in [0.15, 0.2) is 11.1 Å². The fourth-order valence-corrected chi connectivity index (χ4v) is 4.00. The maximum absolute atomic E-state index is 13.4. The van der Waals surface area contributed by atoms with Crippen LogP contribution in [-0.4, -0.2) is 61.1 Å². The summed E-state index contributed by atoms with van der Waals surface area (Å²) in [6.07, 6.45) is 3.58. The Hall–Kier alpha value is -1.60. The molecule has 0 radical (unpaired) electrons. The molecule has 1 unspecified atom stereocenters. The van der Waals surface area contributed by atoms with E-state index in [1.807, 2.05) is 25.7 Å². The van der Waals surface area contributed by atoms with E-state index in [2.05, 4.69) is 19.2 Å². The number of amides is 2. The number of rotatable bonds is 5. The second-order valence-corrected chi connectivity index (χ2v) is 8.95. The minimum absolute atomic E-state index is 0.00657. The monoisotopic (exact) mass is 396 g/mol. The lowest BCUT2D eigenvalue weighted by Gasteiger charge is -2.36. The van der Waals surface area contributed by atoms with Crippen LogP contribution in [0.4, 0.5) is 4.79 Å². The number of ether oxygens (including phenoxy) is 3. The van der Waals surface area contributed by atoms with Crippen LogP contribution < -0.4 is 5.32 Å². The molecule has 160 valence electrons. The predicted molar refractivity (Wildman–Crippen MR) is 107 cm³/mol. The van der Waals surface area contributed by atoms with E-state index < -0.39 is 17.7 Å². The summed E-state index contributed by atoms with van der Waals surface area (Å²) in [7, 11) is 1.58. The van der Waals surface area contributed by atoms with E-state index >= 15 is 0 Å². The second kappa shape index (κ2) is 9.74. The summed E-state index contributed by atoms with van der Waals surface area (Å²) in [5, 5.41) is 2.81. The van der Waals surface area contributed by atoms with Gasteiger partial charge in [0.25, 0.3) is 0 Å². The number of alkyl carbamates (subject to hydrolysis) is 1. The molecule has 2 heterocycles. The summed E-state index contributed by atoms with van der Waals surface area (Å²) < 4.78 is 15.9. The Labute approximate surface area is 168 Å². The number of carbonyl (C=O) groups excluding carboxylic acids is 2. The van der Waals surface area contributed by atoms with Crippen molar-refractivity contribution in [2.75, 3.05) is 20.5 Å². The molecule has 2 saturated heterocycles. The molecule has 2 fully saturated rings. The minimum Gasteiger partial charge on any atom is -0.444 e. The van der Waals surface area contributed by atoms with Crippen molar-refractivity contribution in [3.05, 3.63) is 11.1 Å². The maximum Gasteiger partial charge on any atom is 0.408 e. The van der Waals surface area contributed by atoms with Crippen molar-refractivity contribution in [3.8, 4) is 0 Å². The molecular formula is C21H36N2O5. The Morgan fingerprint density at radius 1 is 1.21 bits per heavy atom. The predicted octanol–water partition coefficient (Wildman–Crippen LogP) is 3.38. The van der Waals surface area contributed by atoms with E-state index in [1.165, 1.54) is 11.1 Å². The molecule has 2 aliphatic rings. The molecule has 7 nitrogen and oxygen atoms in total. The first kappa shape index (κ1) is 22.7. The molecule has 2 amide bonds. The minimum atomic E-state index is -0.605. The molecule has 3 atom stereocenters. The van der Waals surface area contributed by atoms with Crippen molar-refractivity contribution in [1.29, 1.82) is 0 Å². The number of carbonyl (C=O) groups is 2. The highest BCUT2D eigenvalue weighted by Crippen LogP contribution is 2.34. The van der Waals surface area contributed by atoms with E-state index in [9.17, 15) is 9.59 Å². The number of nitrogens with one attached hydrogen (secondary N) is 1. The number of hydrogen-bond donors (Lipinski definition) is 1. The Bertz CT molecular complexity index is 592. The van der Waals surface area contributed by atoms with Crippen molar-refractivity contribution < 1.29 is 23.8 Å². The quantitative estimate of drug-likeness (QED) is 0.438. The summed E-state index contributed by atoms with van der Waals surface area (Å²) >= 11 is 0. The molecule has 0 aromatic carbocycles. The summed E-state index contributed by atoms with van der Waals surface area (Å²) in [6, 6.07) is -0.432. The third kappa shape index (κ3) is 6.21. The van der Waals surface area contributed by atoms with Gasteiger partial charge in [-0.2, -0.15) is 0 Å². The summed E-state index contributed by atoms with van der Waals surface area (Å²) in [4.78, 5) is 27.6. The van der Waals surface area contributed by atoms with E-state index in [4.69, 9.17) is 14.2 Å². The average molecular weight is 397 g/mol. The lowest BCUT2D eigenvalue weighted by atomic mass is 9.91. The van der Waals surface area contributed by atoms with E-state index in [0.717, 1.165) is 25.7 Å². The maximum atomic E-state index is 13.4. The first-order chi connectivity index (χ1) is 13.1. The molecular weight excluding hydrogens is 360 g/mol. The molecule has 2 aliphatic heterocycles. The Morgan fingerprint density at radius 2 is 1.93 bits per heavy atom. The van der Waals surface area contributed by atoms with E-state index in [1.54, 1.807) is 7.11 Å². The van der Waals surface area contributed by atoms with Gasteiger partial charge in [-0.05, 0) is 66.7 Å². The van der Waals surface area contributed by atoms with Crippen LogP contribution >= 0.6 is 0 Å². The lowest BCUT2D eigenvalue weighted by Crippen LogP contribution is -2.55. The molecule has 0 saturated carbocycles. The Kier molecular flexibility index (Phi) is 7.89. The number of fused-ring (bicyclic) bond motifs is 1. The molecule has 2 rings (SSSR count). The van der Waals surface area contributed by atoms with E-state index in [-0.39, 0.29) is 24.8 Å². The second-order valence-electron chi connectivity index (χ2n) is 8.95. The van der Waals surface area contributed by atoms with Crippen LogP contribution in [0.25, 0.3) is 0 Å². The van der Waals surface area contributed by atoms with Gasteiger partial charge in [0.05, 0.1) is 12.6 Å². The fraction of sp³-hybridized carbons (Fsp3) is 0.810. The largest absolute Gasteiger partial charge is 0.444 e. The van der Waals surface area contributed by atoms with Gasteiger partial charge in [-0.25, -0.2) is 4.79 Å². The third-order valence-corrected chi connectivity index (χ3v) is 5.30. The first-order valence-electron chi connectivity index (χ1n) is 10.2. The topological polar surface area (TPSA) is 77.1 Å². The molecule has 0 bridgehead atoms. The fourth-order valence-electron chi connectivity index (χ4n) is 4.00. The molecule has 0 aliphatic carbocycles. The molecule has 28 heavy (non-hydrogen) atoms. The van der Waals surface area contributed by atoms with Crippen LogP contribution in [0.3, 0.4) is 0 Å². The van der Waals surface area contributed by atoms with Gasteiger partial charge in [-0.3, -0.25) is 4.79 Å². The van der Waals surface area contributed by atoms with Gasteiger partial charge in [0.15, 0.2) is 0 Å². The highest BCUT2D eigenvalue weighted by Gasteiger charge is 2.42. The van der Waals surface area contributed by atoms with Gasteiger partial charge < -0.3 is 24.4 Å². The molecule has 0 aromatic rings. The zero-order chi connectivity index (χ0) is 20.9. The third-order valence-electron chi connectivity index (χ3n) is 5.30. The standard InChI is InChI=1S/C21H36N2O5/c1-14(2)15-7-10-18(22-20(25)28-21(3,4)5)19(24)23-16(11-15)8-9-17(23)12-27-13-26-6/h16-18H,7-13H2,1-6H3,(H,22,25)/t16-,17?,18+/m1/s1. The van der Waals surface area contributed by atoms with Gasteiger partial charge >= 0.3 is 6.09 Å². The van der Waals surface area contributed by atoms with E-state index in [0.29, 0.717) is 13.0 Å². The van der Waals surface area contributed by atoms with Crippen molar-refractivity contribution in [2.24, 2.45) is 0 Å². The Morgan fingerprint density at radius 3 is 2.54 bits per heavy atom. The molecule has 7 heteroatoms. The first-order valence-corrected chi connectivity index (χ1v) is 10.2. The average Bonchev–Trinajstić information content (AvgIpc) is 2.95. The summed E-state index contributed by atoms with van der Waals surface area (Å²) in [5.74, 6) is -0.0350. The zero-order valence-corrected chi connectivity index (χ0v) is 18.2. The van der Waals surface area contributed by atoms with Crippen molar-refractivity contribution >= 4 is 12.0 Å². The number of hydrogen-bond acceptors (Lipinski definition) is 5. The summed E-state index contributed by atoms with van der Waals surface area (Å²) in [5.41, 5.74) is 2.06. The van der Waals surface area contributed by atoms with Gasteiger partial charge in [-0.15, -0.1) is 0 Å². The van der Waals surface area contributed by atoms with Crippen molar-refractivity contribution in [2.45, 2.75) is 90.4 Å². The lowest BCUT2D eigenvalue weighted by molar-refractivity contribution is -0.139. The smallest absolute Gasteiger partial charge is 0.408 e. The number of methoxy groups -OCH3 is 1. The summed E-state index contributed by atoms with van der Waals surface area (Å²) in [6.45, 7) is 10.3. The Balaban J connectivity index is 2.19. The van der Waals surface area contributed by atoms with Crippen molar-refractivity contribution in [3.63, 3.8) is 0 Å².